The molecule has 49 heavy (non-hydrogen) atoms. The van der Waals surface area contributed by atoms with Gasteiger partial charge in [-0.3, -0.25) is 9.97 Å². The summed E-state index contributed by atoms with van der Waals surface area (Å²) in [5.41, 5.74) is 14.7. The predicted octanol–water partition coefficient (Wildman–Crippen LogP) is 10.9. The maximum absolute atomic E-state index is 4.67. The van der Waals surface area contributed by atoms with Crippen LogP contribution in [0.4, 0.5) is 0 Å². The van der Waals surface area contributed by atoms with Crippen LogP contribution in [-0.4, -0.2) is 19.9 Å². The number of hydrogen-bond acceptors (Lipinski definition) is 4. The van der Waals surface area contributed by atoms with Crippen molar-refractivity contribution in [3.8, 4) is 44.8 Å². The van der Waals surface area contributed by atoms with Crippen molar-refractivity contribution in [2.24, 2.45) is 0 Å². The van der Waals surface area contributed by atoms with Gasteiger partial charge in [-0.15, -0.1) is 65.7 Å². The van der Waals surface area contributed by atoms with E-state index in [9.17, 15) is 0 Å². The van der Waals surface area contributed by atoms with E-state index in [1.54, 1.807) is 0 Å². The van der Waals surface area contributed by atoms with Gasteiger partial charge in [-0.05, 0) is 102 Å². The fourth-order valence-corrected chi connectivity index (χ4v) is 6.00. The minimum Gasteiger partial charge on any atom is -0.305 e. The van der Waals surface area contributed by atoms with Crippen molar-refractivity contribution in [3.05, 3.63) is 156 Å². The molecule has 5 heteroatoms. The van der Waals surface area contributed by atoms with Gasteiger partial charge in [-0.2, -0.15) is 0 Å². The van der Waals surface area contributed by atoms with Gasteiger partial charge < -0.3 is 9.97 Å². The number of pyridine rings is 4. The van der Waals surface area contributed by atoms with Crippen LogP contribution in [0.1, 0.15) is 48.7 Å². The molecule has 0 saturated carbocycles. The zero-order chi connectivity index (χ0) is 33.8. The molecule has 0 bridgehead atoms. The van der Waals surface area contributed by atoms with Crippen LogP contribution in [0, 0.1) is 39.8 Å². The van der Waals surface area contributed by atoms with E-state index in [1.807, 2.05) is 74.3 Å². The van der Waals surface area contributed by atoms with Crippen LogP contribution in [0.15, 0.2) is 116 Å². The first-order chi connectivity index (χ1) is 23.1. The summed E-state index contributed by atoms with van der Waals surface area (Å²) in [7, 11) is 0. The Kier molecular flexibility index (Phi) is 11.0. The number of benzene rings is 3. The minimum absolute atomic E-state index is 0. The number of aryl methyl sites for hydroxylation is 2. The normalized spacial score (nSPS) is 11.0. The Morgan fingerprint density at radius 1 is 0.571 bits per heavy atom. The summed E-state index contributed by atoms with van der Waals surface area (Å²) in [6.45, 7) is 15.2. The van der Waals surface area contributed by atoms with Gasteiger partial charge in [0.1, 0.15) is 0 Å². The predicted molar refractivity (Wildman–Crippen MR) is 199 cm³/mol. The molecule has 1 radical (unpaired) electrons. The molecule has 4 nitrogen and oxygen atoms in total. The molecule has 0 unspecified atom stereocenters. The fraction of sp³-hybridized carbons (Fsp3) is 0.182. The van der Waals surface area contributed by atoms with Crippen molar-refractivity contribution in [3.63, 3.8) is 0 Å². The summed E-state index contributed by atoms with van der Waals surface area (Å²) in [6.07, 6.45) is 9.55. The van der Waals surface area contributed by atoms with E-state index in [2.05, 4.69) is 122 Å². The van der Waals surface area contributed by atoms with E-state index in [-0.39, 0.29) is 25.5 Å². The van der Waals surface area contributed by atoms with E-state index in [0.29, 0.717) is 0 Å². The van der Waals surface area contributed by atoms with Crippen LogP contribution < -0.4 is 0 Å². The Hall–Kier alpha value is -4.83. The summed E-state index contributed by atoms with van der Waals surface area (Å²) < 4.78 is 0. The molecule has 4 aromatic heterocycles. The maximum Gasteiger partial charge on any atom is 0.0373 e. The smallest absolute Gasteiger partial charge is 0.0373 e. The molecule has 0 atom stereocenters. The largest absolute Gasteiger partial charge is 0.305 e. The van der Waals surface area contributed by atoms with Crippen LogP contribution in [-0.2, 0) is 25.5 Å². The number of aromatic nitrogens is 4. The maximum atomic E-state index is 4.67. The third-order valence-electron chi connectivity index (χ3n) is 8.76. The molecule has 7 rings (SSSR count). The molecular weight excluding hydrogens is 777 g/mol. The average Bonchev–Trinajstić information content (AvgIpc) is 3.10. The van der Waals surface area contributed by atoms with Crippen molar-refractivity contribution < 1.29 is 20.1 Å². The van der Waals surface area contributed by atoms with Gasteiger partial charge >= 0.3 is 0 Å². The Morgan fingerprint density at radius 3 is 1.96 bits per heavy atom. The van der Waals surface area contributed by atoms with Crippen LogP contribution in [0.5, 0.6) is 0 Å². The summed E-state index contributed by atoms with van der Waals surface area (Å²) in [4.78, 5) is 18.0. The molecular formula is C44H40IrN4-2. The third-order valence-corrected chi connectivity index (χ3v) is 8.76. The minimum atomic E-state index is 0. The quantitative estimate of drug-likeness (QED) is 0.166. The van der Waals surface area contributed by atoms with Gasteiger partial charge in [0.2, 0.25) is 0 Å². The molecule has 0 fully saturated rings. The van der Waals surface area contributed by atoms with Gasteiger partial charge in [0.15, 0.2) is 0 Å². The van der Waals surface area contributed by atoms with Crippen LogP contribution in [0.3, 0.4) is 0 Å². The first-order valence-electron chi connectivity index (χ1n) is 16.3. The zero-order valence-corrected chi connectivity index (χ0v) is 31.5. The molecule has 3 aromatic carbocycles. The zero-order valence-electron chi connectivity index (χ0n) is 29.1. The molecule has 0 aliphatic heterocycles. The first kappa shape index (κ1) is 35.5. The summed E-state index contributed by atoms with van der Waals surface area (Å²) in [5.74, 6) is 0. The topological polar surface area (TPSA) is 51.6 Å². The fourth-order valence-electron chi connectivity index (χ4n) is 6.00. The second-order valence-corrected chi connectivity index (χ2v) is 13.3. The molecule has 0 aliphatic carbocycles. The Labute approximate surface area is 304 Å². The first-order valence-corrected chi connectivity index (χ1v) is 16.3. The van der Waals surface area contributed by atoms with Gasteiger partial charge in [0.05, 0.1) is 0 Å². The van der Waals surface area contributed by atoms with Crippen molar-refractivity contribution in [1.82, 2.24) is 19.9 Å². The van der Waals surface area contributed by atoms with Crippen molar-refractivity contribution >= 4 is 10.8 Å². The van der Waals surface area contributed by atoms with Crippen molar-refractivity contribution in [2.45, 2.75) is 53.9 Å². The number of nitrogens with zero attached hydrogens (tertiary/aromatic N) is 4. The van der Waals surface area contributed by atoms with Crippen LogP contribution in [0.2, 0.25) is 0 Å². The second kappa shape index (κ2) is 15.2. The van der Waals surface area contributed by atoms with Crippen LogP contribution >= 0.6 is 0 Å². The molecule has 0 spiro atoms. The van der Waals surface area contributed by atoms with Crippen molar-refractivity contribution in [2.75, 3.05) is 0 Å². The number of hydrogen-bond donors (Lipinski definition) is 0. The Morgan fingerprint density at radius 2 is 1.29 bits per heavy atom. The molecule has 0 aliphatic rings. The number of fused-ring (bicyclic) bond motifs is 1. The SMILES string of the molecule is Cc1ccc(-c2c(C)c(C)c(-c3cc[c-]c(-c4cc(C(C)(C)C)ccn4)c3)c3cnccc23)cn1.Cc1ccnc(-c2[c-]cccc2)c1.[Ir]. The average molecular weight is 817 g/mol. The van der Waals surface area contributed by atoms with E-state index >= 15 is 0 Å². The number of rotatable bonds is 4. The summed E-state index contributed by atoms with van der Waals surface area (Å²) >= 11 is 0. The standard InChI is InChI=1S/C32H30N3.C12H10N.Ir/c1-20-10-11-25(18-35-20)31-22(3)21(2)30(28-19-33-14-13-27(28)31)24-9-7-8-23(16-24)29-17-26(12-15-34-29)32(4,5)6;1-10-7-8-13-12(9-10)11-5-3-2-4-6-11;/h7,9-19H,1-6H3;2-5,7-9H,1H3;/q2*-1;. The monoisotopic (exact) mass is 817 g/mol. The van der Waals surface area contributed by atoms with E-state index in [4.69, 9.17) is 0 Å². The van der Waals surface area contributed by atoms with Gasteiger partial charge in [0, 0.05) is 67.7 Å². The second-order valence-electron chi connectivity index (χ2n) is 13.3. The van der Waals surface area contributed by atoms with Crippen LogP contribution in [0.25, 0.3) is 55.5 Å². The van der Waals surface area contributed by atoms with E-state index < -0.39 is 0 Å². The molecule has 0 saturated heterocycles. The van der Waals surface area contributed by atoms with Gasteiger partial charge in [-0.1, -0.05) is 50.1 Å². The van der Waals surface area contributed by atoms with Gasteiger partial charge in [-0.25, -0.2) is 0 Å². The van der Waals surface area contributed by atoms with Gasteiger partial charge in [0.25, 0.3) is 0 Å². The Balaban J connectivity index is 0.000000280. The molecule has 0 amide bonds. The summed E-state index contributed by atoms with van der Waals surface area (Å²) in [6, 6.07) is 35.5. The Bertz CT molecular complexity index is 2200. The van der Waals surface area contributed by atoms with E-state index in [1.165, 1.54) is 38.8 Å². The summed E-state index contributed by atoms with van der Waals surface area (Å²) in [5, 5.41) is 2.32. The third kappa shape index (κ3) is 7.91. The van der Waals surface area contributed by atoms with E-state index in [0.717, 1.165) is 44.7 Å². The molecule has 247 valence electrons. The molecule has 0 N–H and O–H groups in total. The van der Waals surface area contributed by atoms with Crippen molar-refractivity contribution in [1.29, 1.82) is 0 Å². The molecule has 4 heterocycles. The molecule has 7 aromatic rings.